The van der Waals surface area contributed by atoms with E-state index in [9.17, 15) is 15.0 Å². The van der Waals surface area contributed by atoms with Gasteiger partial charge >= 0.3 is 0 Å². The molecule has 5 nitrogen and oxygen atoms in total. The Labute approximate surface area is 155 Å². The monoisotopic (exact) mass is 355 g/mol. The maximum atomic E-state index is 12.0. The SMILES string of the molecule is CC(C)(C)c1cc(C(C(=O)[O-])C2N=CC=CC2=N)cc(C(C)(C)C)c1O. The molecule has 2 N–H and O–H groups in total. The summed E-state index contributed by atoms with van der Waals surface area (Å²) in [7, 11) is 0. The highest BCUT2D eigenvalue weighted by Gasteiger charge is 2.32. The Morgan fingerprint density at radius 3 is 2.04 bits per heavy atom. The number of carboxylic acids is 1. The third kappa shape index (κ3) is 3.87. The lowest BCUT2D eigenvalue weighted by molar-refractivity contribution is -0.308. The number of carbonyl (C=O) groups is 1. The molecule has 1 aromatic carbocycles. The number of aliphatic imine (C=N–C) groups is 1. The van der Waals surface area contributed by atoms with Crippen molar-refractivity contribution in [3.8, 4) is 5.75 Å². The summed E-state index contributed by atoms with van der Waals surface area (Å²) in [5.74, 6) is -2.18. The molecular formula is C21H27N2O3-. The van der Waals surface area contributed by atoms with Crippen molar-refractivity contribution in [3.05, 3.63) is 41.0 Å². The van der Waals surface area contributed by atoms with Crippen LogP contribution in [0.2, 0.25) is 0 Å². The molecule has 2 rings (SSSR count). The standard InChI is InChI=1S/C21H28N2O3/c1-20(2,3)13-10-12(11-14(18(13)24)21(4,5)6)16(19(25)26)17-15(22)8-7-9-23-17/h7-11,16-17,22,24H,1-6H3,(H,25,26)/p-1. The third-order valence-corrected chi connectivity index (χ3v) is 4.60. The zero-order valence-corrected chi connectivity index (χ0v) is 16.3. The molecule has 0 saturated carbocycles. The van der Waals surface area contributed by atoms with Gasteiger partial charge in [-0.05, 0) is 39.7 Å². The average Bonchev–Trinajstić information content (AvgIpc) is 2.48. The number of benzene rings is 1. The quantitative estimate of drug-likeness (QED) is 0.872. The van der Waals surface area contributed by atoms with Gasteiger partial charge in [-0.15, -0.1) is 0 Å². The van der Waals surface area contributed by atoms with Gasteiger partial charge in [0, 0.05) is 6.21 Å². The number of aliphatic carboxylic acids is 1. The van der Waals surface area contributed by atoms with Crippen molar-refractivity contribution in [2.75, 3.05) is 0 Å². The molecule has 0 fully saturated rings. The molecule has 26 heavy (non-hydrogen) atoms. The lowest BCUT2D eigenvalue weighted by Gasteiger charge is -2.32. The van der Waals surface area contributed by atoms with E-state index >= 15 is 0 Å². The summed E-state index contributed by atoms with van der Waals surface area (Å²) in [6.45, 7) is 11.8. The van der Waals surface area contributed by atoms with E-state index < -0.39 is 17.9 Å². The fourth-order valence-corrected chi connectivity index (χ4v) is 3.16. The minimum absolute atomic E-state index is 0.129. The Bertz CT molecular complexity index is 757. The molecule has 0 radical (unpaired) electrons. The van der Waals surface area contributed by atoms with Gasteiger partial charge in [-0.3, -0.25) is 4.99 Å². The van der Waals surface area contributed by atoms with Crippen LogP contribution in [-0.4, -0.2) is 29.0 Å². The zero-order chi connectivity index (χ0) is 19.9. The predicted octanol–water partition coefficient (Wildman–Crippen LogP) is 2.85. The van der Waals surface area contributed by atoms with E-state index in [0.717, 1.165) is 0 Å². The van der Waals surface area contributed by atoms with E-state index in [1.807, 2.05) is 41.5 Å². The summed E-state index contributed by atoms with van der Waals surface area (Å²) >= 11 is 0. The van der Waals surface area contributed by atoms with Crippen LogP contribution in [0.25, 0.3) is 0 Å². The molecule has 0 amide bonds. The maximum Gasteiger partial charge on any atom is 0.123 e. The number of dihydropyridines is 1. The molecule has 1 aromatic rings. The number of nitrogens with zero attached hydrogens (tertiary/aromatic N) is 1. The van der Waals surface area contributed by atoms with E-state index in [4.69, 9.17) is 5.41 Å². The summed E-state index contributed by atoms with van der Waals surface area (Å²) in [5.41, 5.74) is 1.23. The minimum Gasteiger partial charge on any atom is -0.549 e. The summed E-state index contributed by atoms with van der Waals surface area (Å²) in [6.07, 6.45) is 4.67. The third-order valence-electron chi connectivity index (χ3n) is 4.60. The Kier molecular flexibility index (Phi) is 5.13. The van der Waals surface area contributed by atoms with E-state index in [1.54, 1.807) is 24.3 Å². The first-order chi connectivity index (χ1) is 11.8. The van der Waals surface area contributed by atoms with Crippen LogP contribution < -0.4 is 5.11 Å². The highest BCUT2D eigenvalue weighted by atomic mass is 16.4. The second-order valence-electron chi connectivity index (χ2n) is 8.82. The van der Waals surface area contributed by atoms with Gasteiger partial charge in [0.05, 0.1) is 17.6 Å². The van der Waals surface area contributed by atoms with Gasteiger partial charge in [0.25, 0.3) is 0 Å². The van der Waals surface area contributed by atoms with Crippen LogP contribution in [0.15, 0.2) is 29.3 Å². The second kappa shape index (κ2) is 6.71. The molecule has 140 valence electrons. The lowest BCUT2D eigenvalue weighted by Crippen LogP contribution is -2.40. The van der Waals surface area contributed by atoms with E-state index in [0.29, 0.717) is 16.7 Å². The second-order valence-corrected chi connectivity index (χ2v) is 8.82. The average molecular weight is 355 g/mol. The van der Waals surface area contributed by atoms with Crippen molar-refractivity contribution in [2.45, 2.75) is 64.3 Å². The van der Waals surface area contributed by atoms with Gasteiger partial charge in [0.2, 0.25) is 0 Å². The van der Waals surface area contributed by atoms with Gasteiger partial charge in [0.1, 0.15) is 11.8 Å². The Balaban J connectivity index is 2.73. The largest absolute Gasteiger partial charge is 0.549 e. The van der Waals surface area contributed by atoms with Crippen LogP contribution >= 0.6 is 0 Å². The molecule has 0 spiro atoms. The predicted molar refractivity (Wildman–Crippen MR) is 102 cm³/mol. The highest BCUT2D eigenvalue weighted by molar-refractivity contribution is 6.05. The van der Waals surface area contributed by atoms with Crippen molar-refractivity contribution in [2.24, 2.45) is 4.99 Å². The summed E-state index contributed by atoms with van der Waals surface area (Å²) in [6, 6.07) is 2.59. The van der Waals surface area contributed by atoms with Gasteiger partial charge in [-0.2, -0.15) is 0 Å². The molecule has 1 heterocycles. The van der Waals surface area contributed by atoms with Crippen molar-refractivity contribution >= 4 is 17.9 Å². The lowest BCUT2D eigenvalue weighted by atomic mass is 9.76. The number of hydrogen-bond acceptors (Lipinski definition) is 5. The Morgan fingerprint density at radius 1 is 1.15 bits per heavy atom. The fourth-order valence-electron chi connectivity index (χ4n) is 3.16. The number of nitrogens with one attached hydrogen (secondary N) is 1. The van der Waals surface area contributed by atoms with Crippen LogP contribution in [0, 0.1) is 5.41 Å². The number of carbonyl (C=O) groups excluding carboxylic acids is 1. The first-order valence-electron chi connectivity index (χ1n) is 8.71. The number of allylic oxidation sites excluding steroid dienone is 1. The number of aromatic hydroxyl groups is 1. The molecule has 1 aliphatic rings. The van der Waals surface area contributed by atoms with Crippen molar-refractivity contribution < 1.29 is 15.0 Å². The zero-order valence-electron chi connectivity index (χ0n) is 16.3. The number of phenolic OH excluding ortho intramolecular Hbond substituents is 1. The molecule has 0 aliphatic carbocycles. The van der Waals surface area contributed by atoms with E-state index in [1.165, 1.54) is 6.21 Å². The number of rotatable bonds is 3. The van der Waals surface area contributed by atoms with Crippen LogP contribution in [0.4, 0.5) is 0 Å². The molecule has 5 heteroatoms. The van der Waals surface area contributed by atoms with Gasteiger partial charge in [0.15, 0.2) is 0 Å². The smallest absolute Gasteiger partial charge is 0.123 e. The molecule has 0 saturated heterocycles. The maximum absolute atomic E-state index is 12.0. The van der Waals surface area contributed by atoms with Crippen LogP contribution in [-0.2, 0) is 15.6 Å². The number of hydrogen-bond donors (Lipinski definition) is 2. The molecule has 0 bridgehead atoms. The van der Waals surface area contributed by atoms with Gasteiger partial charge < -0.3 is 20.4 Å². The number of phenols is 1. The van der Waals surface area contributed by atoms with Crippen LogP contribution in [0.3, 0.4) is 0 Å². The van der Waals surface area contributed by atoms with E-state index in [-0.39, 0.29) is 22.3 Å². The normalized spacial score (nSPS) is 18.8. The highest BCUT2D eigenvalue weighted by Crippen LogP contribution is 2.41. The first kappa shape index (κ1) is 19.9. The van der Waals surface area contributed by atoms with Crippen molar-refractivity contribution in [1.29, 1.82) is 5.41 Å². The van der Waals surface area contributed by atoms with E-state index in [2.05, 4.69) is 4.99 Å². The van der Waals surface area contributed by atoms with Gasteiger partial charge in [-0.25, -0.2) is 0 Å². The number of carboxylic acid groups (broad SMARTS) is 1. The molecular weight excluding hydrogens is 328 g/mol. The summed E-state index contributed by atoms with van der Waals surface area (Å²) < 4.78 is 0. The van der Waals surface area contributed by atoms with Crippen LogP contribution in [0.5, 0.6) is 5.75 Å². The Morgan fingerprint density at radius 2 is 1.65 bits per heavy atom. The van der Waals surface area contributed by atoms with Gasteiger partial charge in [-0.1, -0.05) is 53.7 Å². The van der Waals surface area contributed by atoms with Crippen LogP contribution in [0.1, 0.15) is 64.2 Å². The molecule has 1 aliphatic heterocycles. The molecule has 2 atom stereocenters. The van der Waals surface area contributed by atoms with Crippen molar-refractivity contribution in [1.82, 2.24) is 0 Å². The minimum atomic E-state index is -1.28. The summed E-state index contributed by atoms with van der Waals surface area (Å²) in [5, 5.41) is 30.9. The summed E-state index contributed by atoms with van der Waals surface area (Å²) in [4.78, 5) is 16.2. The Hall–Kier alpha value is -2.43. The fraction of sp³-hybridized carbons (Fsp3) is 0.476. The molecule has 0 aromatic heterocycles. The molecule has 2 unspecified atom stereocenters. The topological polar surface area (TPSA) is 96.6 Å². The van der Waals surface area contributed by atoms with Crippen molar-refractivity contribution in [3.63, 3.8) is 0 Å². The first-order valence-corrected chi connectivity index (χ1v) is 8.71.